The van der Waals surface area contributed by atoms with Gasteiger partial charge in [-0.25, -0.2) is 0 Å². The van der Waals surface area contributed by atoms with Crippen molar-refractivity contribution in [3.63, 3.8) is 0 Å². The summed E-state index contributed by atoms with van der Waals surface area (Å²) in [5, 5.41) is 8.49. The van der Waals surface area contributed by atoms with Crippen molar-refractivity contribution in [1.82, 2.24) is 0 Å². The van der Waals surface area contributed by atoms with Crippen molar-refractivity contribution in [2.75, 3.05) is 19.1 Å². The van der Waals surface area contributed by atoms with E-state index in [1.807, 2.05) is 0 Å². The molecule has 64 valence electrons. The summed E-state index contributed by atoms with van der Waals surface area (Å²) < 4.78 is 5.21. The highest BCUT2D eigenvalue weighted by Crippen LogP contribution is 2.03. The Morgan fingerprint density at radius 2 is 2.27 bits per heavy atom. The van der Waals surface area contributed by atoms with Crippen LogP contribution in [0, 0.1) is 17.2 Å². The van der Waals surface area contributed by atoms with Gasteiger partial charge in [-0.2, -0.15) is 5.26 Å². The van der Waals surface area contributed by atoms with E-state index in [1.165, 1.54) is 0 Å². The predicted octanol–water partition coefficient (Wildman–Crippen LogP) is 2.18. The summed E-state index contributed by atoms with van der Waals surface area (Å²) in [6.45, 7) is 3.49. The minimum Gasteiger partial charge on any atom is -0.381 e. The van der Waals surface area contributed by atoms with Gasteiger partial charge in [0.05, 0.1) is 12.0 Å². The first-order valence-electron chi connectivity index (χ1n) is 3.88. The molecule has 0 aliphatic rings. The topological polar surface area (TPSA) is 33.0 Å². The van der Waals surface area contributed by atoms with Crippen LogP contribution in [0.15, 0.2) is 0 Å². The molecule has 0 aromatic rings. The van der Waals surface area contributed by atoms with Gasteiger partial charge in [-0.05, 0) is 12.8 Å². The Morgan fingerprint density at radius 1 is 1.55 bits per heavy atom. The Kier molecular flexibility index (Phi) is 7.66. The third-order valence-corrected chi connectivity index (χ3v) is 1.70. The Labute approximate surface area is 73.1 Å². The van der Waals surface area contributed by atoms with Crippen LogP contribution in [0.2, 0.25) is 0 Å². The van der Waals surface area contributed by atoms with E-state index < -0.39 is 0 Å². The summed E-state index contributed by atoms with van der Waals surface area (Å²) in [6.07, 6.45) is 1.78. The number of nitriles is 1. The molecule has 0 saturated heterocycles. The van der Waals surface area contributed by atoms with Gasteiger partial charge < -0.3 is 4.74 Å². The van der Waals surface area contributed by atoms with Gasteiger partial charge >= 0.3 is 0 Å². The molecule has 0 amide bonds. The summed E-state index contributed by atoms with van der Waals surface area (Å²) in [6, 6.07) is 2.12. The van der Waals surface area contributed by atoms with Gasteiger partial charge in [0.1, 0.15) is 0 Å². The van der Waals surface area contributed by atoms with Gasteiger partial charge in [-0.1, -0.05) is 6.92 Å². The molecule has 3 heteroatoms. The fourth-order valence-electron chi connectivity index (χ4n) is 0.648. The van der Waals surface area contributed by atoms with Crippen LogP contribution < -0.4 is 0 Å². The smallest absolute Gasteiger partial charge is 0.0669 e. The third-order valence-electron chi connectivity index (χ3n) is 1.33. The highest BCUT2D eigenvalue weighted by atomic mass is 35.5. The van der Waals surface area contributed by atoms with Crippen LogP contribution >= 0.6 is 11.6 Å². The van der Waals surface area contributed by atoms with Crippen molar-refractivity contribution in [2.24, 2.45) is 5.92 Å². The van der Waals surface area contributed by atoms with Crippen molar-refractivity contribution >= 4 is 11.6 Å². The minimum absolute atomic E-state index is 0.0477. The summed E-state index contributed by atoms with van der Waals surface area (Å²) in [5.41, 5.74) is 0. The molecule has 0 radical (unpaired) electrons. The van der Waals surface area contributed by atoms with E-state index in [2.05, 4.69) is 13.0 Å². The average molecular weight is 176 g/mol. The average Bonchev–Trinajstić information content (AvgIpc) is 2.05. The largest absolute Gasteiger partial charge is 0.381 e. The Bertz CT molecular complexity index is 122. The number of halogens is 1. The molecule has 1 unspecified atom stereocenters. The number of nitrogens with zero attached hydrogens (tertiary/aromatic N) is 1. The number of rotatable bonds is 6. The molecule has 0 fully saturated rings. The number of hydrogen-bond acceptors (Lipinski definition) is 2. The van der Waals surface area contributed by atoms with E-state index in [-0.39, 0.29) is 5.92 Å². The molecule has 0 aromatic heterocycles. The van der Waals surface area contributed by atoms with E-state index in [1.54, 1.807) is 0 Å². The predicted molar refractivity (Wildman–Crippen MR) is 45.6 cm³/mol. The fraction of sp³-hybridized carbons (Fsp3) is 0.875. The monoisotopic (exact) mass is 175 g/mol. The van der Waals surface area contributed by atoms with Gasteiger partial charge in [0, 0.05) is 19.1 Å². The zero-order valence-electron chi connectivity index (χ0n) is 6.85. The van der Waals surface area contributed by atoms with Crippen molar-refractivity contribution in [2.45, 2.75) is 19.8 Å². The Morgan fingerprint density at radius 3 is 2.73 bits per heavy atom. The van der Waals surface area contributed by atoms with Gasteiger partial charge in [0.2, 0.25) is 0 Å². The van der Waals surface area contributed by atoms with Crippen molar-refractivity contribution in [3.8, 4) is 6.07 Å². The molecule has 0 heterocycles. The van der Waals surface area contributed by atoms with Crippen LogP contribution in [0.25, 0.3) is 0 Å². The lowest BCUT2D eigenvalue weighted by molar-refractivity contribution is 0.127. The molecule has 0 aliphatic carbocycles. The third kappa shape index (κ3) is 6.15. The Balaban J connectivity index is 3.16. The van der Waals surface area contributed by atoms with Crippen LogP contribution in [0.4, 0.5) is 0 Å². The SMILES string of the molecule is CCCOCCC(C#N)CCl. The lowest BCUT2D eigenvalue weighted by atomic mass is 10.1. The zero-order chi connectivity index (χ0) is 8.53. The van der Waals surface area contributed by atoms with Crippen LogP contribution in [0.3, 0.4) is 0 Å². The molecule has 2 nitrogen and oxygen atoms in total. The van der Waals surface area contributed by atoms with Crippen LogP contribution in [0.5, 0.6) is 0 Å². The number of alkyl halides is 1. The van der Waals surface area contributed by atoms with E-state index in [9.17, 15) is 0 Å². The molecule has 0 aromatic carbocycles. The molecule has 0 rings (SSSR count). The zero-order valence-corrected chi connectivity index (χ0v) is 7.60. The van der Waals surface area contributed by atoms with Crippen LogP contribution in [0.1, 0.15) is 19.8 Å². The van der Waals surface area contributed by atoms with Gasteiger partial charge in [-0.15, -0.1) is 11.6 Å². The highest BCUT2D eigenvalue weighted by Gasteiger charge is 2.03. The fourth-order valence-corrected chi connectivity index (χ4v) is 0.872. The standard InChI is InChI=1S/C8H14ClNO/c1-2-4-11-5-3-8(6-9)7-10/h8H,2-6H2,1H3. The highest BCUT2D eigenvalue weighted by molar-refractivity contribution is 6.18. The summed E-state index contributed by atoms with van der Waals surface area (Å²) in [5.74, 6) is 0.361. The lowest BCUT2D eigenvalue weighted by Gasteiger charge is -2.04. The molecule has 11 heavy (non-hydrogen) atoms. The molecule has 0 bridgehead atoms. The first kappa shape index (κ1) is 10.7. The van der Waals surface area contributed by atoms with Crippen molar-refractivity contribution in [3.05, 3.63) is 0 Å². The summed E-state index contributed by atoms with van der Waals surface area (Å²) >= 11 is 5.50. The number of hydrogen-bond donors (Lipinski definition) is 0. The van der Waals surface area contributed by atoms with E-state index in [4.69, 9.17) is 21.6 Å². The maximum atomic E-state index is 8.49. The molecule has 0 spiro atoms. The minimum atomic E-state index is -0.0477. The van der Waals surface area contributed by atoms with E-state index >= 15 is 0 Å². The van der Waals surface area contributed by atoms with Gasteiger partial charge in [0.15, 0.2) is 0 Å². The van der Waals surface area contributed by atoms with Crippen molar-refractivity contribution in [1.29, 1.82) is 5.26 Å². The summed E-state index contributed by atoms with van der Waals surface area (Å²) in [4.78, 5) is 0. The molecular formula is C8H14ClNO. The molecule has 0 aliphatic heterocycles. The summed E-state index contributed by atoms with van der Waals surface area (Å²) in [7, 11) is 0. The number of ether oxygens (including phenoxy) is 1. The quantitative estimate of drug-likeness (QED) is 0.458. The van der Waals surface area contributed by atoms with Crippen LogP contribution in [-0.2, 0) is 4.74 Å². The second-order valence-corrected chi connectivity index (χ2v) is 2.69. The second-order valence-electron chi connectivity index (χ2n) is 2.38. The lowest BCUT2D eigenvalue weighted by Crippen LogP contribution is -2.05. The maximum Gasteiger partial charge on any atom is 0.0669 e. The van der Waals surface area contributed by atoms with Gasteiger partial charge in [-0.3, -0.25) is 0 Å². The second kappa shape index (κ2) is 7.84. The normalized spacial score (nSPS) is 12.5. The maximum absolute atomic E-state index is 8.49. The molecule has 1 atom stereocenters. The van der Waals surface area contributed by atoms with Crippen LogP contribution in [-0.4, -0.2) is 19.1 Å². The first-order chi connectivity index (χ1) is 5.35. The molecule has 0 saturated carbocycles. The Hall–Kier alpha value is -0.260. The first-order valence-corrected chi connectivity index (χ1v) is 4.42. The van der Waals surface area contributed by atoms with Gasteiger partial charge in [0.25, 0.3) is 0 Å². The van der Waals surface area contributed by atoms with E-state index in [0.29, 0.717) is 12.5 Å². The van der Waals surface area contributed by atoms with Crippen molar-refractivity contribution < 1.29 is 4.74 Å². The molecular weight excluding hydrogens is 162 g/mol. The van der Waals surface area contributed by atoms with E-state index in [0.717, 1.165) is 19.4 Å². The molecule has 0 N–H and O–H groups in total.